The van der Waals surface area contributed by atoms with Crippen LogP contribution in [0.2, 0.25) is 0 Å². The Kier molecular flexibility index (Phi) is 8.17. The Bertz CT molecular complexity index is 699. The number of methoxy groups -OCH3 is 1. The summed E-state index contributed by atoms with van der Waals surface area (Å²) in [7, 11) is 1.64. The summed E-state index contributed by atoms with van der Waals surface area (Å²) in [5.74, 6) is 0.802. The topological polar surface area (TPSA) is 89.1 Å². The van der Waals surface area contributed by atoms with E-state index in [2.05, 4.69) is 15.5 Å². The highest BCUT2D eigenvalue weighted by atomic mass is 16.6. The molecule has 8 nitrogen and oxygen atoms in total. The predicted octanol–water partition coefficient (Wildman–Crippen LogP) is 3.69. The van der Waals surface area contributed by atoms with Crippen LogP contribution in [-0.4, -0.2) is 60.6 Å². The van der Waals surface area contributed by atoms with Crippen molar-refractivity contribution in [1.29, 1.82) is 0 Å². The highest BCUT2D eigenvalue weighted by Gasteiger charge is 2.31. The lowest BCUT2D eigenvalue weighted by molar-refractivity contribution is 0.0408. The van der Waals surface area contributed by atoms with Crippen LogP contribution < -0.4 is 15.4 Å². The summed E-state index contributed by atoms with van der Waals surface area (Å²) >= 11 is 0. The van der Waals surface area contributed by atoms with Crippen molar-refractivity contribution in [3.05, 3.63) is 29.8 Å². The van der Waals surface area contributed by atoms with Gasteiger partial charge in [0.2, 0.25) is 0 Å². The summed E-state index contributed by atoms with van der Waals surface area (Å²) in [6.07, 6.45) is -0.322. The van der Waals surface area contributed by atoms with Crippen LogP contribution in [0.25, 0.3) is 0 Å². The molecular weight excluding hydrogens is 398 g/mol. The molecule has 1 fully saturated rings. The Balaban J connectivity index is 2.06. The third-order valence-electron chi connectivity index (χ3n) is 4.53. The first kappa shape index (κ1) is 24.8. The number of alkyl carbamates (subject to hydrolysis) is 2. The Morgan fingerprint density at radius 3 is 1.74 bits per heavy atom. The number of hydrogen-bond acceptors (Lipinski definition) is 6. The van der Waals surface area contributed by atoms with Crippen molar-refractivity contribution in [2.45, 2.75) is 77.8 Å². The summed E-state index contributed by atoms with van der Waals surface area (Å²) in [5, 5.41) is 5.89. The maximum absolute atomic E-state index is 12.3. The van der Waals surface area contributed by atoms with Gasteiger partial charge in [0.25, 0.3) is 0 Å². The van der Waals surface area contributed by atoms with Crippen LogP contribution in [0.1, 0.15) is 53.5 Å². The summed E-state index contributed by atoms with van der Waals surface area (Å²) < 4.78 is 16.0. The molecule has 0 aromatic heterocycles. The van der Waals surface area contributed by atoms with E-state index in [0.29, 0.717) is 26.1 Å². The molecule has 2 N–H and O–H groups in total. The van der Waals surface area contributed by atoms with E-state index < -0.39 is 23.4 Å². The van der Waals surface area contributed by atoms with E-state index in [-0.39, 0.29) is 12.1 Å². The Labute approximate surface area is 185 Å². The highest BCUT2D eigenvalue weighted by Crippen LogP contribution is 2.18. The van der Waals surface area contributed by atoms with Crippen LogP contribution in [-0.2, 0) is 16.0 Å². The van der Waals surface area contributed by atoms with Gasteiger partial charge in [0.15, 0.2) is 0 Å². The third kappa shape index (κ3) is 9.46. The Hall–Kier alpha value is -2.48. The molecule has 2 rings (SSSR count). The second-order valence-corrected chi connectivity index (χ2v) is 9.96. The predicted molar refractivity (Wildman–Crippen MR) is 119 cm³/mol. The first-order chi connectivity index (χ1) is 14.3. The lowest BCUT2D eigenvalue weighted by atomic mass is 10.00. The van der Waals surface area contributed by atoms with Gasteiger partial charge in [-0.2, -0.15) is 0 Å². The lowest BCUT2D eigenvalue weighted by Crippen LogP contribution is -2.57. The van der Waals surface area contributed by atoms with Gasteiger partial charge in [-0.1, -0.05) is 12.1 Å². The van der Waals surface area contributed by atoms with Crippen molar-refractivity contribution >= 4 is 12.2 Å². The second kappa shape index (κ2) is 10.2. The molecule has 1 aliphatic heterocycles. The van der Waals surface area contributed by atoms with Gasteiger partial charge in [0.05, 0.1) is 7.11 Å². The van der Waals surface area contributed by atoms with Crippen molar-refractivity contribution in [2.24, 2.45) is 0 Å². The Morgan fingerprint density at radius 1 is 0.903 bits per heavy atom. The number of carbonyl (C=O) groups is 2. The molecule has 0 aliphatic carbocycles. The molecule has 1 heterocycles. The molecule has 2 atom stereocenters. The molecule has 31 heavy (non-hydrogen) atoms. The molecule has 0 saturated carbocycles. The SMILES string of the molecule is COc1ccc(CN2C[C@H](NC(=O)OC(C)(C)C)C[C@H](NC(=O)OC(C)(C)C)C2)cc1. The standard InChI is InChI=1S/C23H37N3O5/c1-22(2,3)30-20(27)24-17-12-18(25-21(28)31-23(4,5)6)15-26(14-17)13-16-8-10-19(29-7)11-9-16/h8-11,17-18H,12-15H2,1-7H3,(H,24,27)(H,25,28)/t17-,18+. The van der Waals surface area contributed by atoms with Gasteiger partial charge in [-0.05, 0) is 65.7 Å². The summed E-state index contributed by atoms with van der Waals surface area (Å²) in [6.45, 7) is 13.0. The summed E-state index contributed by atoms with van der Waals surface area (Å²) in [5.41, 5.74) is -0.0273. The quantitative estimate of drug-likeness (QED) is 0.733. The molecule has 1 aromatic rings. The minimum atomic E-state index is -0.574. The largest absolute Gasteiger partial charge is 0.497 e. The third-order valence-corrected chi connectivity index (χ3v) is 4.53. The molecule has 174 valence electrons. The van der Waals surface area contributed by atoms with Crippen molar-refractivity contribution in [3.8, 4) is 5.75 Å². The molecule has 0 unspecified atom stereocenters. The molecule has 1 aliphatic rings. The number of benzene rings is 1. The smallest absolute Gasteiger partial charge is 0.407 e. The zero-order chi connectivity index (χ0) is 23.2. The molecule has 0 bridgehead atoms. The summed E-state index contributed by atoms with van der Waals surface area (Å²) in [6, 6.07) is 7.54. The average Bonchev–Trinajstić information content (AvgIpc) is 2.58. The number of ether oxygens (including phenoxy) is 3. The maximum Gasteiger partial charge on any atom is 0.407 e. The first-order valence-corrected chi connectivity index (χ1v) is 10.7. The number of carbonyl (C=O) groups excluding carboxylic acids is 2. The minimum absolute atomic E-state index is 0.165. The number of likely N-dealkylation sites (tertiary alicyclic amines) is 1. The van der Waals surface area contributed by atoms with E-state index in [1.807, 2.05) is 65.8 Å². The normalized spacial score (nSPS) is 20.0. The van der Waals surface area contributed by atoms with Crippen LogP contribution in [0.15, 0.2) is 24.3 Å². The van der Waals surface area contributed by atoms with Crippen LogP contribution in [0.4, 0.5) is 9.59 Å². The summed E-state index contributed by atoms with van der Waals surface area (Å²) in [4.78, 5) is 26.8. The lowest BCUT2D eigenvalue weighted by Gasteiger charge is -2.38. The first-order valence-electron chi connectivity index (χ1n) is 10.7. The van der Waals surface area contributed by atoms with Gasteiger partial charge in [0.1, 0.15) is 17.0 Å². The number of hydrogen-bond donors (Lipinski definition) is 2. The van der Waals surface area contributed by atoms with Crippen molar-refractivity contribution in [3.63, 3.8) is 0 Å². The van der Waals surface area contributed by atoms with Gasteiger partial charge in [-0.3, -0.25) is 4.90 Å². The Morgan fingerprint density at radius 2 is 1.35 bits per heavy atom. The van der Waals surface area contributed by atoms with Crippen LogP contribution >= 0.6 is 0 Å². The fraction of sp³-hybridized carbons (Fsp3) is 0.652. The minimum Gasteiger partial charge on any atom is -0.497 e. The van der Waals surface area contributed by atoms with Gasteiger partial charge in [-0.15, -0.1) is 0 Å². The number of rotatable bonds is 5. The maximum atomic E-state index is 12.3. The number of amides is 2. The van der Waals surface area contributed by atoms with Crippen LogP contribution in [0, 0.1) is 0 Å². The van der Waals surface area contributed by atoms with Crippen LogP contribution in [0.3, 0.4) is 0 Å². The highest BCUT2D eigenvalue weighted by molar-refractivity contribution is 5.69. The van der Waals surface area contributed by atoms with Crippen molar-refractivity contribution in [1.82, 2.24) is 15.5 Å². The fourth-order valence-electron chi connectivity index (χ4n) is 3.47. The molecule has 8 heteroatoms. The van der Waals surface area contributed by atoms with E-state index in [1.165, 1.54) is 0 Å². The average molecular weight is 436 g/mol. The zero-order valence-corrected chi connectivity index (χ0v) is 19.8. The number of nitrogens with zero attached hydrogens (tertiary/aromatic N) is 1. The van der Waals surface area contributed by atoms with Gasteiger partial charge >= 0.3 is 12.2 Å². The molecule has 1 aromatic carbocycles. The molecule has 0 radical (unpaired) electrons. The van der Waals surface area contributed by atoms with Crippen molar-refractivity contribution < 1.29 is 23.8 Å². The monoisotopic (exact) mass is 435 g/mol. The van der Waals surface area contributed by atoms with E-state index in [4.69, 9.17) is 14.2 Å². The molecular formula is C23H37N3O5. The number of nitrogens with one attached hydrogen (secondary N) is 2. The second-order valence-electron chi connectivity index (χ2n) is 9.96. The zero-order valence-electron chi connectivity index (χ0n) is 19.8. The molecule has 2 amide bonds. The number of piperidine rings is 1. The van der Waals surface area contributed by atoms with Gasteiger partial charge in [0, 0.05) is 31.7 Å². The van der Waals surface area contributed by atoms with Gasteiger partial charge < -0.3 is 24.8 Å². The van der Waals surface area contributed by atoms with Crippen molar-refractivity contribution in [2.75, 3.05) is 20.2 Å². The van der Waals surface area contributed by atoms with E-state index in [1.54, 1.807) is 7.11 Å². The molecule has 0 spiro atoms. The van der Waals surface area contributed by atoms with Gasteiger partial charge in [-0.25, -0.2) is 9.59 Å². The fourth-order valence-corrected chi connectivity index (χ4v) is 3.47. The van der Waals surface area contributed by atoms with Crippen LogP contribution in [0.5, 0.6) is 5.75 Å². The van der Waals surface area contributed by atoms with E-state index in [0.717, 1.165) is 11.3 Å². The molecule has 1 saturated heterocycles. The van der Waals surface area contributed by atoms with E-state index in [9.17, 15) is 9.59 Å². The van der Waals surface area contributed by atoms with E-state index >= 15 is 0 Å².